The minimum atomic E-state index is -0.174. The summed E-state index contributed by atoms with van der Waals surface area (Å²) in [5, 5.41) is 12.3. The predicted molar refractivity (Wildman–Crippen MR) is 59.0 cm³/mol. The second-order valence-corrected chi connectivity index (χ2v) is 5.74. The molecular weight excluding hydrogens is 174 g/mol. The van der Waals surface area contributed by atoms with Gasteiger partial charge in [0.25, 0.3) is 0 Å². The number of rotatable bonds is 3. The summed E-state index contributed by atoms with van der Waals surface area (Å²) >= 11 is 0. The molecule has 3 atom stereocenters. The highest BCUT2D eigenvalue weighted by Crippen LogP contribution is 2.57. The van der Waals surface area contributed by atoms with Crippen molar-refractivity contribution in [2.75, 3.05) is 13.6 Å². The maximum atomic E-state index is 10.2. The fourth-order valence-corrected chi connectivity index (χ4v) is 2.84. The second kappa shape index (κ2) is 3.82. The van der Waals surface area contributed by atoms with Crippen LogP contribution in [0.2, 0.25) is 0 Å². The minimum absolute atomic E-state index is 0.0962. The maximum Gasteiger partial charge on any atom is 0.109 e. The molecule has 84 valence electrons. The molecule has 2 heteroatoms. The molecule has 0 unspecified atom stereocenters. The highest BCUT2D eigenvalue weighted by atomic mass is 16.3. The van der Waals surface area contributed by atoms with Crippen LogP contribution in [-0.2, 0) is 0 Å². The molecule has 0 aliphatic heterocycles. The molecule has 2 nitrogen and oxygen atoms in total. The maximum absolute atomic E-state index is 10.2. The van der Waals surface area contributed by atoms with E-state index in [-0.39, 0.29) is 16.9 Å². The van der Waals surface area contributed by atoms with Crippen LogP contribution in [0.5, 0.6) is 0 Å². The van der Waals surface area contributed by atoms with E-state index in [1.54, 1.807) is 0 Å². The molecule has 3 N–H and O–H groups in total. The van der Waals surface area contributed by atoms with E-state index in [0.717, 1.165) is 18.9 Å². The van der Waals surface area contributed by atoms with Gasteiger partial charge < -0.3 is 10.4 Å². The van der Waals surface area contributed by atoms with Gasteiger partial charge in [-0.15, -0.1) is 0 Å². The molecule has 1 saturated carbocycles. The van der Waals surface area contributed by atoms with Crippen molar-refractivity contribution >= 4 is 0 Å². The molecule has 14 heavy (non-hydrogen) atoms. The Hall–Kier alpha value is -0.0800. The number of hydrogen-bond acceptors (Lipinski definition) is 1. The molecule has 1 aliphatic carbocycles. The molecule has 0 bridgehead atoms. The minimum Gasteiger partial charge on any atom is -0.387 e. The van der Waals surface area contributed by atoms with Gasteiger partial charge in [0.2, 0.25) is 0 Å². The molecular formula is C12H26NO+. The lowest BCUT2D eigenvalue weighted by molar-refractivity contribution is -0.636. The van der Waals surface area contributed by atoms with Gasteiger partial charge in [0.05, 0.1) is 7.05 Å². The van der Waals surface area contributed by atoms with Crippen molar-refractivity contribution in [2.24, 2.45) is 16.7 Å². The Morgan fingerprint density at radius 3 is 2.36 bits per heavy atom. The lowest BCUT2D eigenvalue weighted by Gasteiger charge is -2.43. The summed E-state index contributed by atoms with van der Waals surface area (Å²) in [7, 11) is 2.03. The standard InChI is InChI=1S/C12H25NO/c1-9-6-7-12(4,11(9,2)3)10(14)8-13-5/h9-10,13-14H,6-8H2,1-5H3/p+1/t9-,10-,12+/m1/s1. The summed E-state index contributed by atoms with van der Waals surface area (Å²) in [4.78, 5) is 0. The summed E-state index contributed by atoms with van der Waals surface area (Å²) in [5.41, 5.74) is 0.356. The van der Waals surface area contributed by atoms with E-state index in [9.17, 15) is 5.11 Å². The van der Waals surface area contributed by atoms with Gasteiger partial charge in [-0.1, -0.05) is 27.7 Å². The first-order chi connectivity index (χ1) is 6.36. The molecule has 0 saturated heterocycles. The highest BCUT2D eigenvalue weighted by Gasteiger charge is 2.53. The monoisotopic (exact) mass is 200 g/mol. The topological polar surface area (TPSA) is 36.8 Å². The third kappa shape index (κ3) is 1.59. The molecule has 0 radical (unpaired) electrons. The number of aliphatic hydroxyl groups is 1. The molecule has 1 aliphatic rings. The quantitative estimate of drug-likeness (QED) is 0.701. The predicted octanol–water partition coefficient (Wildman–Crippen LogP) is 1.00. The third-order valence-corrected chi connectivity index (χ3v) is 5.00. The van der Waals surface area contributed by atoms with Gasteiger partial charge in [0, 0.05) is 5.41 Å². The van der Waals surface area contributed by atoms with Gasteiger partial charge in [-0.05, 0) is 24.2 Å². The molecule has 0 aromatic heterocycles. The fraction of sp³-hybridized carbons (Fsp3) is 1.00. The van der Waals surface area contributed by atoms with Gasteiger partial charge in [-0.2, -0.15) is 0 Å². The van der Waals surface area contributed by atoms with E-state index in [4.69, 9.17) is 0 Å². The number of likely N-dealkylation sites (N-methyl/N-ethyl adjacent to an activating group) is 1. The lowest BCUT2D eigenvalue weighted by Crippen LogP contribution is -2.83. The van der Waals surface area contributed by atoms with E-state index >= 15 is 0 Å². The molecule has 0 amide bonds. The van der Waals surface area contributed by atoms with Crippen molar-refractivity contribution < 1.29 is 10.4 Å². The highest BCUT2D eigenvalue weighted by molar-refractivity contribution is 5.02. The van der Waals surface area contributed by atoms with Gasteiger partial charge in [0.1, 0.15) is 12.6 Å². The van der Waals surface area contributed by atoms with Crippen molar-refractivity contribution in [3.05, 3.63) is 0 Å². The molecule has 1 rings (SSSR count). The summed E-state index contributed by atoms with van der Waals surface area (Å²) < 4.78 is 0. The summed E-state index contributed by atoms with van der Waals surface area (Å²) in [6.07, 6.45) is 2.24. The van der Waals surface area contributed by atoms with Crippen LogP contribution in [-0.4, -0.2) is 24.8 Å². The fourth-order valence-electron chi connectivity index (χ4n) is 2.84. The zero-order valence-electron chi connectivity index (χ0n) is 10.3. The van der Waals surface area contributed by atoms with Crippen LogP contribution in [0.1, 0.15) is 40.5 Å². The summed E-state index contributed by atoms with van der Waals surface area (Å²) in [6, 6.07) is 0. The largest absolute Gasteiger partial charge is 0.387 e. The van der Waals surface area contributed by atoms with E-state index in [2.05, 4.69) is 33.0 Å². The van der Waals surface area contributed by atoms with Crippen LogP contribution in [0.3, 0.4) is 0 Å². The molecule has 0 spiro atoms. The Morgan fingerprint density at radius 2 is 2.00 bits per heavy atom. The zero-order valence-corrected chi connectivity index (χ0v) is 10.3. The number of nitrogens with two attached hydrogens (primary N) is 1. The van der Waals surface area contributed by atoms with Crippen molar-refractivity contribution in [3.63, 3.8) is 0 Å². The van der Waals surface area contributed by atoms with Crippen molar-refractivity contribution in [3.8, 4) is 0 Å². The van der Waals surface area contributed by atoms with E-state index in [1.165, 1.54) is 6.42 Å². The van der Waals surface area contributed by atoms with E-state index in [1.807, 2.05) is 7.05 Å². The SMILES string of the molecule is C[NH2+]C[C@@H](O)[C@]1(C)CC[C@@H](C)C1(C)C. The van der Waals surface area contributed by atoms with Crippen LogP contribution in [0.25, 0.3) is 0 Å². The molecule has 0 aromatic rings. The Balaban J connectivity index is 2.83. The van der Waals surface area contributed by atoms with Gasteiger partial charge >= 0.3 is 0 Å². The van der Waals surface area contributed by atoms with Crippen molar-refractivity contribution in [2.45, 2.75) is 46.6 Å². The Labute approximate surface area is 88.1 Å². The normalized spacial score (nSPS) is 38.6. The molecule has 0 heterocycles. The van der Waals surface area contributed by atoms with Crippen molar-refractivity contribution in [1.82, 2.24) is 0 Å². The first-order valence-corrected chi connectivity index (χ1v) is 5.82. The molecule has 1 fully saturated rings. The third-order valence-electron chi connectivity index (χ3n) is 5.00. The second-order valence-electron chi connectivity index (χ2n) is 5.74. The average Bonchev–Trinajstić information content (AvgIpc) is 2.31. The van der Waals surface area contributed by atoms with Gasteiger partial charge in [0.15, 0.2) is 0 Å². The first-order valence-electron chi connectivity index (χ1n) is 5.82. The van der Waals surface area contributed by atoms with Crippen LogP contribution in [0.15, 0.2) is 0 Å². The number of quaternary nitrogens is 1. The van der Waals surface area contributed by atoms with E-state index < -0.39 is 0 Å². The molecule has 0 aromatic carbocycles. The van der Waals surface area contributed by atoms with Crippen LogP contribution in [0, 0.1) is 16.7 Å². The van der Waals surface area contributed by atoms with E-state index in [0.29, 0.717) is 0 Å². The van der Waals surface area contributed by atoms with Crippen LogP contribution >= 0.6 is 0 Å². The first kappa shape index (κ1) is 12.0. The zero-order chi connectivity index (χ0) is 11.0. The van der Waals surface area contributed by atoms with Crippen LogP contribution < -0.4 is 5.32 Å². The lowest BCUT2D eigenvalue weighted by atomic mass is 9.63. The average molecular weight is 200 g/mol. The summed E-state index contributed by atoms with van der Waals surface area (Å²) in [6.45, 7) is 10.0. The van der Waals surface area contributed by atoms with Gasteiger partial charge in [-0.25, -0.2) is 0 Å². The van der Waals surface area contributed by atoms with Crippen molar-refractivity contribution in [1.29, 1.82) is 0 Å². The van der Waals surface area contributed by atoms with Crippen LogP contribution in [0.4, 0.5) is 0 Å². The Morgan fingerprint density at radius 1 is 1.43 bits per heavy atom. The smallest absolute Gasteiger partial charge is 0.109 e. The summed E-state index contributed by atoms with van der Waals surface area (Å²) in [5.74, 6) is 0.721. The Kier molecular flexibility index (Phi) is 3.27. The number of hydrogen-bond donors (Lipinski definition) is 2. The Bertz CT molecular complexity index is 202. The van der Waals surface area contributed by atoms with Gasteiger partial charge in [-0.3, -0.25) is 0 Å². The number of aliphatic hydroxyl groups excluding tert-OH is 1.